The highest BCUT2D eigenvalue weighted by Gasteiger charge is 2.28. The van der Waals surface area contributed by atoms with Gasteiger partial charge in [-0.25, -0.2) is 8.91 Å². The number of piperazine rings is 1. The van der Waals surface area contributed by atoms with Gasteiger partial charge in [0.1, 0.15) is 17.3 Å². The SMILES string of the molecule is CCOc1cc(C(=O)N2CCN(CC3CC3)CC2)ccc1Nc1nc2ccc(-c3ccc(CC(=O)Cc4ccc(F)cc4)cc3)cn2n1. The van der Waals surface area contributed by atoms with Gasteiger partial charge in [0.25, 0.3) is 5.91 Å². The molecule has 5 aromatic rings. The molecule has 2 aliphatic rings. The van der Waals surface area contributed by atoms with Crippen LogP contribution in [0.3, 0.4) is 0 Å². The van der Waals surface area contributed by atoms with Crippen molar-refractivity contribution in [2.75, 3.05) is 44.6 Å². The maximum atomic E-state index is 13.4. The number of fused-ring (bicyclic) bond motifs is 1. The predicted molar refractivity (Wildman–Crippen MR) is 183 cm³/mol. The third kappa shape index (κ3) is 7.55. The summed E-state index contributed by atoms with van der Waals surface area (Å²) >= 11 is 0. The molecule has 0 spiro atoms. The Morgan fingerprint density at radius 1 is 0.875 bits per heavy atom. The quantitative estimate of drug-likeness (QED) is 0.173. The molecule has 0 atom stereocenters. The van der Waals surface area contributed by atoms with E-state index in [1.54, 1.807) is 22.7 Å². The maximum Gasteiger partial charge on any atom is 0.254 e. The lowest BCUT2D eigenvalue weighted by molar-refractivity contribution is -0.117. The van der Waals surface area contributed by atoms with E-state index in [4.69, 9.17) is 4.74 Å². The summed E-state index contributed by atoms with van der Waals surface area (Å²) in [6.07, 6.45) is 5.18. The van der Waals surface area contributed by atoms with Crippen LogP contribution in [0.25, 0.3) is 16.8 Å². The number of carbonyl (C=O) groups is 2. The van der Waals surface area contributed by atoms with Gasteiger partial charge >= 0.3 is 0 Å². The zero-order chi connectivity index (χ0) is 33.0. The minimum Gasteiger partial charge on any atom is -0.492 e. The molecule has 246 valence electrons. The summed E-state index contributed by atoms with van der Waals surface area (Å²) in [4.78, 5) is 35.0. The van der Waals surface area contributed by atoms with Crippen molar-refractivity contribution in [3.63, 3.8) is 0 Å². The Morgan fingerprint density at radius 3 is 2.25 bits per heavy atom. The van der Waals surface area contributed by atoms with Crippen LogP contribution in [-0.4, -0.2) is 75.4 Å². The number of hydrogen-bond donors (Lipinski definition) is 1. The Hall–Kier alpha value is -5.09. The van der Waals surface area contributed by atoms with Crippen LogP contribution < -0.4 is 10.1 Å². The first-order valence-corrected chi connectivity index (χ1v) is 16.7. The number of amides is 1. The van der Waals surface area contributed by atoms with Gasteiger partial charge in [0.05, 0.1) is 12.3 Å². The fraction of sp³-hybridized carbons (Fsp3) is 0.316. The number of anilines is 2. The normalized spacial score (nSPS) is 15.1. The molecule has 10 heteroatoms. The van der Waals surface area contributed by atoms with E-state index in [2.05, 4.69) is 20.3 Å². The molecule has 2 fully saturated rings. The number of nitrogens with one attached hydrogen (secondary N) is 1. The van der Waals surface area contributed by atoms with Crippen molar-refractivity contribution in [1.82, 2.24) is 24.4 Å². The number of nitrogens with zero attached hydrogens (tertiary/aromatic N) is 5. The molecule has 0 radical (unpaired) electrons. The molecule has 2 aromatic heterocycles. The van der Waals surface area contributed by atoms with Crippen LogP contribution in [0, 0.1) is 11.7 Å². The van der Waals surface area contributed by atoms with Gasteiger partial charge in [-0.15, -0.1) is 5.10 Å². The Bertz CT molecular complexity index is 1910. The summed E-state index contributed by atoms with van der Waals surface area (Å²) in [5.74, 6) is 1.63. The number of pyridine rings is 1. The van der Waals surface area contributed by atoms with Crippen molar-refractivity contribution in [3.05, 3.63) is 108 Å². The van der Waals surface area contributed by atoms with Gasteiger partial charge in [-0.2, -0.15) is 4.98 Å². The summed E-state index contributed by atoms with van der Waals surface area (Å²) in [5.41, 5.74) is 5.63. The highest BCUT2D eigenvalue weighted by Crippen LogP contribution is 2.31. The highest BCUT2D eigenvalue weighted by molar-refractivity contribution is 5.95. The third-order valence-electron chi connectivity index (χ3n) is 8.98. The third-order valence-corrected chi connectivity index (χ3v) is 8.98. The lowest BCUT2D eigenvalue weighted by Gasteiger charge is -2.34. The van der Waals surface area contributed by atoms with E-state index in [1.807, 2.05) is 66.6 Å². The Morgan fingerprint density at radius 2 is 1.56 bits per heavy atom. The molecule has 1 aliphatic heterocycles. The molecule has 1 aliphatic carbocycles. The van der Waals surface area contributed by atoms with E-state index < -0.39 is 0 Å². The summed E-state index contributed by atoms with van der Waals surface area (Å²) in [6.45, 7) is 6.86. The number of ketones is 1. The molecule has 0 unspecified atom stereocenters. The van der Waals surface area contributed by atoms with Crippen molar-refractivity contribution in [3.8, 4) is 16.9 Å². The summed E-state index contributed by atoms with van der Waals surface area (Å²) in [6, 6.07) is 23.3. The van der Waals surface area contributed by atoms with Crippen LogP contribution in [0.1, 0.15) is 41.3 Å². The molecule has 3 heterocycles. The molecule has 0 bridgehead atoms. The summed E-state index contributed by atoms with van der Waals surface area (Å²) in [5, 5.41) is 7.93. The Labute approximate surface area is 279 Å². The minimum absolute atomic E-state index is 0.0246. The lowest BCUT2D eigenvalue weighted by Crippen LogP contribution is -2.49. The average molecular weight is 647 g/mol. The van der Waals surface area contributed by atoms with E-state index in [-0.39, 0.29) is 23.9 Å². The summed E-state index contributed by atoms with van der Waals surface area (Å²) < 4.78 is 20.8. The van der Waals surface area contributed by atoms with Crippen LogP contribution >= 0.6 is 0 Å². The second-order valence-corrected chi connectivity index (χ2v) is 12.7. The fourth-order valence-electron chi connectivity index (χ4n) is 6.18. The van der Waals surface area contributed by atoms with Gasteiger partial charge in [-0.3, -0.25) is 14.5 Å². The molecule has 1 N–H and O–H groups in total. The number of Topliss-reactive ketones (excluding diaryl/α,β-unsaturated/α-hetero) is 1. The standard InChI is InChI=1S/C38H39FN6O3/c1-2-48-35-23-30(37(47)44-19-17-43(18-20-44)24-28-3-4-28)11-15-34(35)40-38-41-36-16-12-31(25-45(36)42-38)29-9-5-26(6-10-29)21-33(46)22-27-7-13-32(39)14-8-27/h5-16,23,25,28H,2-4,17-22,24H2,1H3,(H,40,42). The van der Waals surface area contributed by atoms with E-state index in [9.17, 15) is 14.0 Å². The van der Waals surface area contributed by atoms with Crippen molar-refractivity contribution in [2.24, 2.45) is 5.92 Å². The molecule has 1 amide bonds. The number of halogens is 1. The largest absolute Gasteiger partial charge is 0.492 e. The Balaban J connectivity index is 0.997. The second-order valence-electron chi connectivity index (χ2n) is 12.7. The molecule has 1 saturated heterocycles. The van der Waals surface area contributed by atoms with Crippen LogP contribution in [-0.2, 0) is 17.6 Å². The molecule has 3 aromatic carbocycles. The van der Waals surface area contributed by atoms with Crippen molar-refractivity contribution in [1.29, 1.82) is 0 Å². The first kappa shape index (κ1) is 31.5. The van der Waals surface area contributed by atoms with E-state index >= 15 is 0 Å². The highest BCUT2D eigenvalue weighted by atomic mass is 19.1. The predicted octanol–water partition coefficient (Wildman–Crippen LogP) is 6.20. The van der Waals surface area contributed by atoms with E-state index in [0.29, 0.717) is 41.6 Å². The average Bonchev–Trinajstić information content (AvgIpc) is 3.82. The number of ether oxygens (including phenoxy) is 1. The van der Waals surface area contributed by atoms with Gasteiger partial charge in [0.15, 0.2) is 5.65 Å². The maximum absolute atomic E-state index is 13.4. The number of benzene rings is 3. The van der Waals surface area contributed by atoms with E-state index in [1.165, 1.54) is 25.0 Å². The number of carbonyl (C=O) groups excluding carboxylic acids is 2. The number of hydrogen-bond acceptors (Lipinski definition) is 7. The molecular formula is C38H39FN6O3. The zero-order valence-electron chi connectivity index (χ0n) is 27.1. The topological polar surface area (TPSA) is 92.1 Å². The molecule has 9 nitrogen and oxygen atoms in total. The van der Waals surface area contributed by atoms with Crippen LogP contribution in [0.15, 0.2) is 85.1 Å². The van der Waals surface area contributed by atoms with Crippen molar-refractivity contribution in [2.45, 2.75) is 32.6 Å². The molecular weight excluding hydrogens is 607 g/mol. The number of rotatable bonds is 12. The van der Waals surface area contributed by atoms with Crippen LogP contribution in [0.5, 0.6) is 5.75 Å². The smallest absolute Gasteiger partial charge is 0.254 e. The van der Waals surface area contributed by atoms with Crippen LogP contribution in [0.4, 0.5) is 16.0 Å². The van der Waals surface area contributed by atoms with E-state index in [0.717, 1.165) is 60.9 Å². The first-order valence-electron chi connectivity index (χ1n) is 16.7. The fourth-order valence-corrected chi connectivity index (χ4v) is 6.18. The van der Waals surface area contributed by atoms with Gasteiger partial charge < -0.3 is 15.0 Å². The first-order chi connectivity index (χ1) is 23.4. The van der Waals surface area contributed by atoms with Crippen molar-refractivity contribution >= 4 is 29.0 Å². The monoisotopic (exact) mass is 646 g/mol. The lowest BCUT2D eigenvalue weighted by atomic mass is 10.0. The Kier molecular flexibility index (Phi) is 9.16. The minimum atomic E-state index is -0.309. The molecule has 48 heavy (non-hydrogen) atoms. The number of aromatic nitrogens is 3. The zero-order valence-corrected chi connectivity index (χ0v) is 27.1. The van der Waals surface area contributed by atoms with Gasteiger partial charge in [-0.05, 0) is 84.8 Å². The second kappa shape index (κ2) is 13.9. The van der Waals surface area contributed by atoms with Crippen LogP contribution in [0.2, 0.25) is 0 Å². The van der Waals surface area contributed by atoms with Gasteiger partial charge in [-0.1, -0.05) is 36.4 Å². The summed E-state index contributed by atoms with van der Waals surface area (Å²) in [7, 11) is 0. The molecule has 1 saturated carbocycles. The molecule has 7 rings (SSSR count). The van der Waals surface area contributed by atoms with Gasteiger partial charge in [0, 0.05) is 62.9 Å². The van der Waals surface area contributed by atoms with Gasteiger partial charge in [0.2, 0.25) is 5.95 Å². The van der Waals surface area contributed by atoms with Crippen molar-refractivity contribution < 1.29 is 18.7 Å².